The Kier molecular flexibility index (Phi) is 5.66. The first-order valence-electron chi connectivity index (χ1n) is 6.71. The van der Waals surface area contributed by atoms with Crippen LogP contribution in [-0.4, -0.2) is 16.8 Å². The predicted molar refractivity (Wildman–Crippen MR) is 82.1 cm³/mol. The quantitative estimate of drug-likeness (QED) is 0.772. The lowest BCUT2D eigenvalue weighted by molar-refractivity contribution is -0.121. The van der Waals surface area contributed by atoms with Crippen LogP contribution in [-0.2, 0) is 17.9 Å². The molecule has 5 heteroatoms. The number of Topliss-reactive ketones (excluding diaryl/α,β-unsaturated/α-hetero) is 1. The molecule has 1 heterocycles. The lowest BCUT2D eigenvalue weighted by Gasteiger charge is -2.08. The number of nitrogens with one attached hydrogen (secondary N) is 1. The molecule has 0 radical (unpaired) electrons. The number of amides is 1. The number of aliphatic hydroxyl groups excluding tert-OH is 1. The second kappa shape index (κ2) is 7.71. The molecule has 2 rings (SSSR count). The van der Waals surface area contributed by atoms with Gasteiger partial charge in [0.05, 0.1) is 11.5 Å². The van der Waals surface area contributed by atoms with Gasteiger partial charge in [0.15, 0.2) is 5.78 Å². The van der Waals surface area contributed by atoms with E-state index < -0.39 is 0 Å². The van der Waals surface area contributed by atoms with Crippen molar-refractivity contribution in [2.75, 3.05) is 0 Å². The van der Waals surface area contributed by atoms with Crippen LogP contribution in [0.5, 0.6) is 0 Å². The highest BCUT2D eigenvalue weighted by Gasteiger charge is 2.10. The minimum atomic E-state index is -0.160. The van der Waals surface area contributed by atoms with Crippen molar-refractivity contribution < 1.29 is 14.7 Å². The van der Waals surface area contributed by atoms with Crippen LogP contribution >= 0.6 is 11.3 Å². The Morgan fingerprint density at radius 3 is 2.48 bits per heavy atom. The normalized spacial score (nSPS) is 10.3. The van der Waals surface area contributed by atoms with E-state index in [9.17, 15) is 14.7 Å². The minimum Gasteiger partial charge on any atom is -0.392 e. The minimum absolute atomic E-state index is 0.00379. The fraction of sp³-hybridized carbons (Fsp3) is 0.250. The number of hydrogen-bond donors (Lipinski definition) is 2. The summed E-state index contributed by atoms with van der Waals surface area (Å²) in [5.41, 5.74) is 1.69. The number of carbonyl (C=O) groups is 2. The van der Waals surface area contributed by atoms with Gasteiger partial charge in [-0.15, -0.1) is 11.3 Å². The Balaban J connectivity index is 1.78. The Hall–Kier alpha value is -1.98. The molecular formula is C16H17NO3S. The van der Waals surface area contributed by atoms with Crippen molar-refractivity contribution in [3.63, 3.8) is 0 Å². The molecule has 1 aromatic heterocycles. The molecule has 0 aliphatic heterocycles. The van der Waals surface area contributed by atoms with Gasteiger partial charge in [-0.05, 0) is 22.6 Å². The summed E-state index contributed by atoms with van der Waals surface area (Å²) in [5.74, 6) is -0.163. The molecule has 21 heavy (non-hydrogen) atoms. The second-order valence-corrected chi connectivity index (χ2v) is 5.55. The third-order valence-corrected chi connectivity index (χ3v) is 4.05. The average molecular weight is 303 g/mol. The molecular weight excluding hydrogens is 286 g/mol. The van der Waals surface area contributed by atoms with Crippen molar-refractivity contribution in [1.82, 2.24) is 5.32 Å². The highest BCUT2D eigenvalue weighted by Crippen LogP contribution is 2.12. The van der Waals surface area contributed by atoms with Crippen LogP contribution in [0.15, 0.2) is 41.8 Å². The van der Waals surface area contributed by atoms with Crippen LogP contribution in [0.3, 0.4) is 0 Å². The molecule has 0 saturated heterocycles. The molecule has 0 atom stereocenters. The fourth-order valence-electron chi connectivity index (χ4n) is 1.95. The number of aliphatic hydroxyl groups is 1. The maximum Gasteiger partial charge on any atom is 0.220 e. The van der Waals surface area contributed by atoms with Crippen LogP contribution < -0.4 is 5.32 Å². The highest BCUT2D eigenvalue weighted by atomic mass is 32.1. The van der Waals surface area contributed by atoms with E-state index >= 15 is 0 Å². The maximum atomic E-state index is 11.8. The van der Waals surface area contributed by atoms with Crippen molar-refractivity contribution in [3.05, 3.63) is 57.8 Å². The molecule has 0 fully saturated rings. The van der Waals surface area contributed by atoms with Crippen molar-refractivity contribution in [2.24, 2.45) is 0 Å². The largest absolute Gasteiger partial charge is 0.392 e. The number of thiophene rings is 1. The van der Waals surface area contributed by atoms with E-state index in [4.69, 9.17) is 0 Å². The van der Waals surface area contributed by atoms with Gasteiger partial charge in [-0.3, -0.25) is 9.59 Å². The first kappa shape index (κ1) is 15.4. The highest BCUT2D eigenvalue weighted by molar-refractivity contribution is 7.12. The van der Waals surface area contributed by atoms with Crippen molar-refractivity contribution in [3.8, 4) is 0 Å². The zero-order valence-electron chi connectivity index (χ0n) is 11.5. The van der Waals surface area contributed by atoms with Gasteiger partial charge in [0.25, 0.3) is 0 Å². The molecule has 0 spiro atoms. The number of ketones is 1. The van der Waals surface area contributed by atoms with Crippen molar-refractivity contribution in [2.45, 2.75) is 26.0 Å². The summed E-state index contributed by atoms with van der Waals surface area (Å²) in [6.45, 7) is 0.311. The first-order chi connectivity index (χ1) is 10.2. The standard InChI is InChI=1S/C16H17NO3S/c18-11-13-5-2-1-4-12(13)10-17-16(20)8-7-14(19)15-6-3-9-21-15/h1-6,9,18H,7-8,10-11H2,(H,17,20). The van der Waals surface area contributed by atoms with Crippen LogP contribution in [0.4, 0.5) is 0 Å². The summed E-state index contributed by atoms with van der Waals surface area (Å²) < 4.78 is 0. The molecule has 0 aliphatic rings. The zero-order chi connectivity index (χ0) is 15.1. The molecule has 2 N–H and O–H groups in total. The Morgan fingerprint density at radius 2 is 1.81 bits per heavy atom. The van der Waals surface area contributed by atoms with Gasteiger partial charge in [0.2, 0.25) is 5.91 Å². The Labute approximate surface area is 127 Å². The SMILES string of the molecule is O=C(CCC(=O)c1cccs1)NCc1ccccc1CO. The summed E-state index contributed by atoms with van der Waals surface area (Å²) in [4.78, 5) is 24.2. The molecule has 0 saturated carbocycles. The van der Waals surface area contributed by atoms with E-state index in [1.54, 1.807) is 6.07 Å². The number of rotatable bonds is 7. The summed E-state index contributed by atoms with van der Waals surface area (Å²) in [7, 11) is 0. The van der Waals surface area contributed by atoms with E-state index in [-0.39, 0.29) is 31.1 Å². The maximum absolute atomic E-state index is 11.8. The van der Waals surface area contributed by atoms with Crippen LogP contribution in [0.2, 0.25) is 0 Å². The van der Waals surface area contributed by atoms with Gasteiger partial charge in [0.1, 0.15) is 0 Å². The lowest BCUT2D eigenvalue weighted by Crippen LogP contribution is -2.23. The van der Waals surface area contributed by atoms with Crippen LogP contribution in [0.1, 0.15) is 33.6 Å². The monoisotopic (exact) mass is 303 g/mol. The third kappa shape index (κ3) is 4.51. The molecule has 110 valence electrons. The van der Waals surface area contributed by atoms with E-state index in [1.165, 1.54) is 11.3 Å². The summed E-state index contributed by atoms with van der Waals surface area (Å²) in [6.07, 6.45) is 0.395. The first-order valence-corrected chi connectivity index (χ1v) is 7.59. The topological polar surface area (TPSA) is 66.4 Å². The third-order valence-electron chi connectivity index (χ3n) is 3.14. The van der Waals surface area contributed by atoms with Crippen LogP contribution in [0.25, 0.3) is 0 Å². The summed E-state index contributed by atoms with van der Waals surface area (Å²) in [6, 6.07) is 11.0. The molecule has 0 aliphatic carbocycles. The van der Waals surface area contributed by atoms with Gasteiger partial charge >= 0.3 is 0 Å². The number of benzene rings is 1. The average Bonchev–Trinajstić information content (AvgIpc) is 3.05. The van der Waals surface area contributed by atoms with Gasteiger partial charge in [-0.2, -0.15) is 0 Å². The van der Waals surface area contributed by atoms with E-state index in [1.807, 2.05) is 35.7 Å². The lowest BCUT2D eigenvalue weighted by atomic mass is 10.1. The van der Waals surface area contributed by atoms with Gasteiger partial charge in [-0.25, -0.2) is 0 Å². The molecule has 0 unspecified atom stereocenters. The van der Waals surface area contributed by atoms with Gasteiger partial charge in [-0.1, -0.05) is 30.3 Å². The van der Waals surface area contributed by atoms with Crippen molar-refractivity contribution >= 4 is 23.0 Å². The van der Waals surface area contributed by atoms with Gasteiger partial charge < -0.3 is 10.4 Å². The van der Waals surface area contributed by atoms with E-state index in [2.05, 4.69) is 5.32 Å². The number of hydrogen-bond acceptors (Lipinski definition) is 4. The Bertz CT molecular complexity index is 608. The second-order valence-electron chi connectivity index (χ2n) is 4.60. The zero-order valence-corrected chi connectivity index (χ0v) is 12.4. The molecule has 4 nitrogen and oxygen atoms in total. The molecule has 1 aromatic carbocycles. The molecule has 1 amide bonds. The molecule has 2 aromatic rings. The van der Waals surface area contributed by atoms with Gasteiger partial charge in [0, 0.05) is 19.4 Å². The van der Waals surface area contributed by atoms with E-state index in [0.29, 0.717) is 11.4 Å². The fourth-order valence-corrected chi connectivity index (χ4v) is 2.65. The molecule has 0 bridgehead atoms. The smallest absolute Gasteiger partial charge is 0.220 e. The Morgan fingerprint density at radius 1 is 1.05 bits per heavy atom. The number of carbonyl (C=O) groups excluding carboxylic acids is 2. The predicted octanol–water partition coefficient (Wildman–Crippen LogP) is 2.52. The van der Waals surface area contributed by atoms with Crippen LogP contribution in [0, 0.1) is 0 Å². The van der Waals surface area contributed by atoms with Crippen molar-refractivity contribution in [1.29, 1.82) is 0 Å². The summed E-state index contributed by atoms with van der Waals surface area (Å²) >= 11 is 1.39. The summed E-state index contributed by atoms with van der Waals surface area (Å²) in [5, 5.41) is 13.8. The van der Waals surface area contributed by atoms with E-state index in [0.717, 1.165) is 11.1 Å².